The van der Waals surface area contributed by atoms with E-state index < -0.39 is 0 Å². The zero-order chi connectivity index (χ0) is 9.97. The van der Waals surface area contributed by atoms with Gasteiger partial charge in [0.2, 0.25) is 0 Å². The highest BCUT2D eigenvalue weighted by Crippen LogP contribution is 2.19. The Morgan fingerprint density at radius 1 is 1.50 bits per heavy atom. The van der Waals surface area contributed by atoms with Crippen molar-refractivity contribution in [2.75, 3.05) is 13.6 Å². The average Bonchev–Trinajstić information content (AvgIpc) is 2.60. The molecule has 0 amide bonds. The summed E-state index contributed by atoms with van der Waals surface area (Å²) in [4.78, 5) is 0. The third-order valence-corrected chi connectivity index (χ3v) is 2.93. The highest BCUT2D eigenvalue weighted by Gasteiger charge is 2.21. The SMILES string of the molecule is CCc1nnc2n1C[C@H](CNC)CC2. The van der Waals surface area contributed by atoms with Crippen molar-refractivity contribution in [1.29, 1.82) is 0 Å². The van der Waals surface area contributed by atoms with E-state index in [9.17, 15) is 0 Å². The first-order chi connectivity index (χ1) is 6.85. The van der Waals surface area contributed by atoms with Gasteiger partial charge in [0.1, 0.15) is 11.6 Å². The molecule has 0 radical (unpaired) electrons. The second-order valence-corrected chi connectivity index (χ2v) is 3.96. The maximum atomic E-state index is 4.21. The molecule has 0 spiro atoms. The van der Waals surface area contributed by atoms with Crippen molar-refractivity contribution in [2.45, 2.75) is 32.7 Å². The van der Waals surface area contributed by atoms with Crippen LogP contribution in [0.15, 0.2) is 0 Å². The van der Waals surface area contributed by atoms with Crippen LogP contribution in [0.3, 0.4) is 0 Å². The first-order valence-corrected chi connectivity index (χ1v) is 5.40. The van der Waals surface area contributed by atoms with Crippen molar-refractivity contribution in [2.24, 2.45) is 5.92 Å². The molecule has 1 aliphatic rings. The van der Waals surface area contributed by atoms with Crippen molar-refractivity contribution in [3.8, 4) is 0 Å². The van der Waals surface area contributed by atoms with E-state index in [0.29, 0.717) is 0 Å². The Balaban J connectivity index is 2.14. The van der Waals surface area contributed by atoms with Gasteiger partial charge in [-0.15, -0.1) is 10.2 Å². The van der Waals surface area contributed by atoms with E-state index >= 15 is 0 Å². The lowest BCUT2D eigenvalue weighted by atomic mass is 9.99. The Kier molecular flexibility index (Phi) is 2.82. The fraction of sp³-hybridized carbons (Fsp3) is 0.800. The molecule has 0 aliphatic carbocycles. The highest BCUT2D eigenvalue weighted by atomic mass is 15.3. The maximum Gasteiger partial charge on any atom is 0.133 e. The Morgan fingerprint density at radius 2 is 2.36 bits per heavy atom. The van der Waals surface area contributed by atoms with Gasteiger partial charge >= 0.3 is 0 Å². The van der Waals surface area contributed by atoms with Crippen LogP contribution in [0.2, 0.25) is 0 Å². The van der Waals surface area contributed by atoms with Crippen LogP contribution < -0.4 is 5.32 Å². The molecule has 0 fully saturated rings. The van der Waals surface area contributed by atoms with Gasteiger partial charge in [0.15, 0.2) is 0 Å². The molecule has 0 unspecified atom stereocenters. The van der Waals surface area contributed by atoms with Crippen LogP contribution in [-0.4, -0.2) is 28.4 Å². The van der Waals surface area contributed by atoms with Crippen LogP contribution in [0, 0.1) is 5.92 Å². The van der Waals surface area contributed by atoms with E-state index in [1.54, 1.807) is 0 Å². The number of nitrogens with zero attached hydrogens (tertiary/aromatic N) is 3. The zero-order valence-electron chi connectivity index (χ0n) is 8.95. The second kappa shape index (κ2) is 4.09. The van der Waals surface area contributed by atoms with E-state index in [-0.39, 0.29) is 0 Å². The minimum Gasteiger partial charge on any atom is -0.319 e. The monoisotopic (exact) mass is 194 g/mol. The smallest absolute Gasteiger partial charge is 0.133 e. The normalized spacial score (nSPS) is 20.9. The number of hydrogen-bond acceptors (Lipinski definition) is 3. The Morgan fingerprint density at radius 3 is 3.07 bits per heavy atom. The number of aryl methyl sites for hydroxylation is 2. The van der Waals surface area contributed by atoms with Crippen LogP contribution in [0.1, 0.15) is 25.0 Å². The molecule has 78 valence electrons. The van der Waals surface area contributed by atoms with Gasteiger partial charge in [-0.1, -0.05) is 6.92 Å². The molecule has 2 heterocycles. The Hall–Kier alpha value is -0.900. The molecule has 1 N–H and O–H groups in total. The average molecular weight is 194 g/mol. The molecule has 0 bridgehead atoms. The molecule has 1 aromatic heterocycles. The molecule has 0 saturated carbocycles. The highest BCUT2D eigenvalue weighted by molar-refractivity contribution is 4.99. The van der Waals surface area contributed by atoms with Crippen molar-refractivity contribution in [3.05, 3.63) is 11.6 Å². The predicted molar refractivity (Wildman–Crippen MR) is 55.1 cm³/mol. The van der Waals surface area contributed by atoms with Gasteiger partial charge < -0.3 is 9.88 Å². The third-order valence-electron chi connectivity index (χ3n) is 2.93. The molecule has 1 aliphatic heterocycles. The van der Waals surface area contributed by atoms with Crippen molar-refractivity contribution in [3.63, 3.8) is 0 Å². The largest absolute Gasteiger partial charge is 0.319 e. The molecular weight excluding hydrogens is 176 g/mol. The second-order valence-electron chi connectivity index (χ2n) is 3.96. The lowest BCUT2D eigenvalue weighted by molar-refractivity contribution is 0.351. The predicted octanol–water partition coefficient (Wildman–Crippen LogP) is 0.622. The van der Waals surface area contributed by atoms with E-state index in [2.05, 4.69) is 27.0 Å². The van der Waals surface area contributed by atoms with E-state index in [1.807, 2.05) is 7.05 Å². The summed E-state index contributed by atoms with van der Waals surface area (Å²) in [7, 11) is 2.02. The summed E-state index contributed by atoms with van der Waals surface area (Å²) in [5.41, 5.74) is 0. The molecular formula is C10H18N4. The summed E-state index contributed by atoms with van der Waals surface area (Å²) < 4.78 is 2.30. The van der Waals surface area contributed by atoms with Crippen LogP contribution in [0.4, 0.5) is 0 Å². The van der Waals surface area contributed by atoms with E-state index in [0.717, 1.165) is 37.7 Å². The first-order valence-electron chi connectivity index (χ1n) is 5.40. The van der Waals surface area contributed by atoms with Gasteiger partial charge in [-0.05, 0) is 25.9 Å². The summed E-state index contributed by atoms with van der Waals surface area (Å²) >= 11 is 0. The molecule has 0 aromatic carbocycles. The van der Waals surface area contributed by atoms with Gasteiger partial charge in [0.25, 0.3) is 0 Å². The number of fused-ring (bicyclic) bond motifs is 1. The lowest BCUT2D eigenvalue weighted by Gasteiger charge is -2.23. The topological polar surface area (TPSA) is 42.7 Å². The Labute approximate surface area is 84.7 Å². The molecule has 1 aromatic rings. The zero-order valence-corrected chi connectivity index (χ0v) is 8.95. The first kappa shape index (κ1) is 9.65. The van der Waals surface area contributed by atoms with Crippen molar-refractivity contribution in [1.82, 2.24) is 20.1 Å². The van der Waals surface area contributed by atoms with Gasteiger partial charge in [-0.3, -0.25) is 0 Å². The van der Waals surface area contributed by atoms with E-state index in [1.165, 1.54) is 12.2 Å². The standard InChI is InChI=1S/C10H18N4/c1-3-9-12-13-10-5-4-8(6-11-2)7-14(9)10/h8,11H,3-7H2,1-2H3/t8-/m0/s1. The maximum absolute atomic E-state index is 4.21. The molecule has 2 rings (SSSR count). The van der Waals surface area contributed by atoms with Crippen LogP contribution >= 0.6 is 0 Å². The number of aromatic nitrogens is 3. The number of rotatable bonds is 3. The minimum atomic E-state index is 0.744. The third kappa shape index (κ3) is 1.66. The summed E-state index contributed by atoms with van der Waals surface area (Å²) in [6.07, 6.45) is 3.31. The number of nitrogens with one attached hydrogen (secondary N) is 1. The van der Waals surface area contributed by atoms with E-state index in [4.69, 9.17) is 0 Å². The molecule has 0 saturated heterocycles. The molecule has 1 atom stereocenters. The fourth-order valence-corrected chi connectivity index (χ4v) is 2.17. The van der Waals surface area contributed by atoms with Crippen LogP contribution in [0.25, 0.3) is 0 Å². The van der Waals surface area contributed by atoms with Gasteiger partial charge in [0.05, 0.1) is 0 Å². The van der Waals surface area contributed by atoms with Crippen LogP contribution in [0.5, 0.6) is 0 Å². The van der Waals surface area contributed by atoms with Gasteiger partial charge in [-0.25, -0.2) is 0 Å². The quantitative estimate of drug-likeness (QED) is 0.767. The summed E-state index contributed by atoms with van der Waals surface area (Å²) in [6.45, 7) is 4.33. The van der Waals surface area contributed by atoms with Gasteiger partial charge in [-0.2, -0.15) is 0 Å². The minimum absolute atomic E-state index is 0.744. The van der Waals surface area contributed by atoms with Crippen molar-refractivity contribution < 1.29 is 0 Å². The molecule has 14 heavy (non-hydrogen) atoms. The summed E-state index contributed by atoms with van der Waals surface area (Å²) in [6, 6.07) is 0. The Bertz CT molecular complexity index is 292. The fourth-order valence-electron chi connectivity index (χ4n) is 2.17. The number of hydrogen-bond donors (Lipinski definition) is 1. The lowest BCUT2D eigenvalue weighted by Crippen LogP contribution is -2.29. The molecule has 4 nitrogen and oxygen atoms in total. The van der Waals surface area contributed by atoms with Gasteiger partial charge in [0, 0.05) is 19.4 Å². The molecule has 4 heteroatoms. The van der Waals surface area contributed by atoms with Crippen molar-refractivity contribution >= 4 is 0 Å². The summed E-state index contributed by atoms with van der Waals surface area (Å²) in [5.74, 6) is 3.06. The van der Waals surface area contributed by atoms with Crippen LogP contribution in [-0.2, 0) is 19.4 Å². The summed E-state index contributed by atoms with van der Waals surface area (Å²) in [5, 5.41) is 11.7.